The Morgan fingerprint density at radius 3 is 2.57 bits per heavy atom. The Morgan fingerprint density at radius 2 is 1.90 bits per heavy atom. The van der Waals surface area contributed by atoms with Crippen molar-refractivity contribution in [2.24, 2.45) is 0 Å². The molecular weight excluding hydrogens is 418 g/mol. The van der Waals surface area contributed by atoms with Crippen LogP contribution in [-0.2, 0) is 5.41 Å². The van der Waals surface area contributed by atoms with Crippen LogP contribution in [0.25, 0.3) is 15.5 Å². The van der Waals surface area contributed by atoms with Crippen LogP contribution in [0.1, 0.15) is 26.6 Å². The number of anilines is 1. The molecule has 0 saturated carbocycles. The van der Waals surface area contributed by atoms with Crippen molar-refractivity contribution in [2.45, 2.75) is 26.2 Å². The summed E-state index contributed by atoms with van der Waals surface area (Å²) in [5, 5.41) is 13.9. The van der Waals surface area contributed by atoms with Gasteiger partial charge in [-0.3, -0.25) is 0 Å². The van der Waals surface area contributed by atoms with Gasteiger partial charge in [-0.05, 0) is 28.1 Å². The van der Waals surface area contributed by atoms with Crippen LogP contribution in [0.5, 0.6) is 0 Å². The summed E-state index contributed by atoms with van der Waals surface area (Å²) < 4.78 is 3.59. The van der Waals surface area contributed by atoms with E-state index in [0.717, 1.165) is 30.3 Å². The predicted octanol–water partition coefficient (Wildman–Crippen LogP) is 4.26. The molecule has 3 rings (SSSR count). The molecule has 3 aromatic rings. The molecule has 0 radical (unpaired) electrons. The summed E-state index contributed by atoms with van der Waals surface area (Å²) in [4.78, 5) is 0.769. The van der Waals surface area contributed by atoms with Crippen molar-refractivity contribution in [2.75, 3.05) is 5.73 Å². The zero-order valence-corrected chi connectivity index (χ0v) is 15.7. The quantitative estimate of drug-likeness (QED) is 0.585. The molecule has 0 unspecified atom stereocenters. The van der Waals surface area contributed by atoms with Crippen LogP contribution in [0, 0.1) is 0 Å². The molecule has 0 saturated heterocycles. The van der Waals surface area contributed by atoms with Crippen LogP contribution in [0.4, 0.5) is 5.69 Å². The van der Waals surface area contributed by atoms with E-state index in [2.05, 4.69) is 67.9 Å². The lowest BCUT2D eigenvalue weighted by atomic mass is 9.96. The van der Waals surface area contributed by atoms with Gasteiger partial charge in [0, 0.05) is 19.9 Å². The summed E-state index contributed by atoms with van der Waals surface area (Å²) in [7, 11) is 0. The molecule has 0 bridgehead atoms. The van der Waals surface area contributed by atoms with Crippen molar-refractivity contribution >= 4 is 53.8 Å². The minimum absolute atomic E-state index is 0.117. The van der Waals surface area contributed by atoms with Gasteiger partial charge in [0.25, 0.3) is 0 Å². The van der Waals surface area contributed by atoms with Crippen LogP contribution >= 0.6 is 43.2 Å². The summed E-state index contributed by atoms with van der Waals surface area (Å²) in [6, 6.07) is 3.88. The molecule has 0 atom stereocenters. The van der Waals surface area contributed by atoms with Crippen LogP contribution in [0.3, 0.4) is 0 Å². The molecule has 2 aromatic heterocycles. The minimum Gasteiger partial charge on any atom is -0.397 e. The van der Waals surface area contributed by atoms with Gasteiger partial charge in [-0.25, -0.2) is 0 Å². The van der Waals surface area contributed by atoms with Crippen LogP contribution in [0.15, 0.2) is 21.1 Å². The van der Waals surface area contributed by atoms with Crippen LogP contribution < -0.4 is 5.73 Å². The van der Waals surface area contributed by atoms with Gasteiger partial charge in [0.2, 0.25) is 4.96 Å². The highest BCUT2D eigenvalue weighted by atomic mass is 79.9. The number of benzene rings is 1. The summed E-state index contributed by atoms with van der Waals surface area (Å²) in [5.74, 6) is 0.840. The molecule has 0 amide bonds. The Morgan fingerprint density at radius 1 is 1.19 bits per heavy atom. The van der Waals surface area contributed by atoms with E-state index >= 15 is 0 Å². The van der Waals surface area contributed by atoms with Gasteiger partial charge < -0.3 is 5.73 Å². The summed E-state index contributed by atoms with van der Waals surface area (Å²) >= 11 is 8.42. The Hall–Kier alpha value is -0.990. The van der Waals surface area contributed by atoms with Gasteiger partial charge in [-0.15, -0.1) is 10.2 Å². The third-order valence-corrected chi connectivity index (χ3v) is 5.03. The average Bonchev–Trinajstić information content (AvgIpc) is 2.91. The molecular formula is C13H13Br2N5S. The zero-order chi connectivity index (χ0) is 15.4. The average molecular weight is 431 g/mol. The van der Waals surface area contributed by atoms with Crippen molar-refractivity contribution in [3.8, 4) is 10.6 Å². The molecule has 5 nitrogen and oxygen atoms in total. The molecule has 0 aliphatic rings. The zero-order valence-electron chi connectivity index (χ0n) is 11.7. The number of nitrogens with zero attached hydrogens (tertiary/aromatic N) is 4. The fraction of sp³-hybridized carbons (Fsp3) is 0.308. The largest absolute Gasteiger partial charge is 0.397 e. The highest BCUT2D eigenvalue weighted by Gasteiger charge is 2.24. The van der Waals surface area contributed by atoms with Crippen molar-refractivity contribution in [1.29, 1.82) is 0 Å². The Kier molecular flexibility index (Phi) is 3.58. The molecule has 8 heteroatoms. The third kappa shape index (κ3) is 2.60. The number of nitrogen functional groups attached to an aromatic ring is 1. The van der Waals surface area contributed by atoms with E-state index in [1.165, 1.54) is 11.3 Å². The highest BCUT2D eigenvalue weighted by Crippen LogP contribution is 2.37. The maximum Gasteiger partial charge on any atom is 0.235 e. The van der Waals surface area contributed by atoms with Crippen LogP contribution in [0.2, 0.25) is 0 Å². The van der Waals surface area contributed by atoms with Crippen molar-refractivity contribution in [3.05, 3.63) is 26.9 Å². The van der Waals surface area contributed by atoms with E-state index in [4.69, 9.17) is 5.73 Å². The topological polar surface area (TPSA) is 69.1 Å². The predicted molar refractivity (Wildman–Crippen MR) is 92.6 cm³/mol. The van der Waals surface area contributed by atoms with E-state index in [9.17, 15) is 0 Å². The van der Waals surface area contributed by atoms with E-state index in [-0.39, 0.29) is 5.41 Å². The van der Waals surface area contributed by atoms with Crippen LogP contribution in [-0.4, -0.2) is 19.8 Å². The molecule has 21 heavy (non-hydrogen) atoms. The van der Waals surface area contributed by atoms with Crippen molar-refractivity contribution < 1.29 is 0 Å². The summed E-state index contributed by atoms with van der Waals surface area (Å²) in [6.07, 6.45) is 0. The fourth-order valence-corrected chi connectivity index (χ4v) is 4.05. The van der Waals surface area contributed by atoms with Crippen molar-refractivity contribution in [1.82, 2.24) is 19.8 Å². The van der Waals surface area contributed by atoms with E-state index in [1.807, 2.05) is 12.1 Å². The molecule has 0 spiro atoms. The van der Waals surface area contributed by atoms with E-state index < -0.39 is 0 Å². The van der Waals surface area contributed by atoms with E-state index in [1.54, 1.807) is 4.52 Å². The lowest BCUT2D eigenvalue weighted by Gasteiger charge is -2.13. The number of aromatic nitrogens is 4. The number of nitrogens with two attached hydrogens (primary N) is 1. The smallest absolute Gasteiger partial charge is 0.235 e. The first-order valence-electron chi connectivity index (χ1n) is 6.25. The Balaban J connectivity index is 2.21. The number of rotatable bonds is 1. The standard InChI is InChI=1S/C13H13Br2N5S/c1-13(2,3)11-17-18-12-20(11)19-10(21-12)7-4-6(14)5-8(15)9(7)16/h4-5H,16H2,1-3H3. The molecule has 2 heterocycles. The maximum absolute atomic E-state index is 6.15. The third-order valence-electron chi connectivity index (χ3n) is 2.99. The summed E-state index contributed by atoms with van der Waals surface area (Å²) in [6.45, 7) is 6.27. The molecule has 0 fully saturated rings. The van der Waals surface area contributed by atoms with Gasteiger partial charge in [0.05, 0.1) is 5.69 Å². The SMILES string of the molecule is CC(C)(C)c1nnc2sc(-c3cc(Br)cc(Br)c3N)nn12. The molecule has 1 aromatic carbocycles. The van der Waals surface area contributed by atoms with E-state index in [0.29, 0.717) is 5.69 Å². The highest BCUT2D eigenvalue weighted by molar-refractivity contribution is 9.11. The van der Waals surface area contributed by atoms with Gasteiger partial charge in [-0.2, -0.15) is 9.61 Å². The first-order chi connectivity index (χ1) is 9.77. The van der Waals surface area contributed by atoms with Gasteiger partial charge in [0.15, 0.2) is 5.82 Å². The molecule has 0 aliphatic carbocycles. The van der Waals surface area contributed by atoms with Crippen molar-refractivity contribution in [3.63, 3.8) is 0 Å². The van der Waals surface area contributed by atoms with Gasteiger partial charge >= 0.3 is 0 Å². The van der Waals surface area contributed by atoms with Gasteiger partial charge in [-0.1, -0.05) is 48.0 Å². The lowest BCUT2D eigenvalue weighted by molar-refractivity contribution is 0.528. The van der Waals surface area contributed by atoms with Gasteiger partial charge in [0.1, 0.15) is 5.01 Å². The molecule has 2 N–H and O–H groups in total. The Bertz CT molecular complexity index is 831. The molecule has 110 valence electrons. The number of fused-ring (bicyclic) bond motifs is 1. The second-order valence-electron chi connectivity index (χ2n) is 5.72. The monoisotopic (exact) mass is 429 g/mol. The molecule has 0 aliphatic heterocycles. The Labute approximate surface area is 142 Å². The summed E-state index contributed by atoms with van der Waals surface area (Å²) in [5.41, 5.74) is 7.58. The lowest BCUT2D eigenvalue weighted by Crippen LogP contribution is -2.16. The second-order valence-corrected chi connectivity index (χ2v) is 8.45. The maximum atomic E-state index is 6.15. The normalized spacial score (nSPS) is 12.2. The fourth-order valence-electron chi connectivity index (χ4n) is 1.96. The number of halogens is 2. The minimum atomic E-state index is -0.117. The first-order valence-corrected chi connectivity index (χ1v) is 8.65. The number of hydrogen-bond donors (Lipinski definition) is 1. The number of hydrogen-bond acceptors (Lipinski definition) is 5. The second kappa shape index (κ2) is 5.03. The first kappa shape index (κ1) is 14.9.